The van der Waals surface area contributed by atoms with Gasteiger partial charge in [0.05, 0.1) is 16.8 Å². The number of fused-ring (bicyclic) bond motifs is 1. The average molecular weight is 456 g/mol. The van der Waals surface area contributed by atoms with E-state index in [0.29, 0.717) is 0 Å². The van der Waals surface area contributed by atoms with Crippen LogP contribution in [0.1, 0.15) is 33.1 Å². The zero-order valence-electron chi connectivity index (χ0n) is 16.4. The third-order valence-corrected chi connectivity index (χ3v) is 6.28. The fraction of sp³-hybridized carbons (Fsp3) is 0.688. The number of hydrogen-bond donors (Lipinski definition) is 3. The maximum atomic E-state index is 12.4. The Labute approximate surface area is 213 Å². The minimum absolute atomic E-state index is 0. The van der Waals surface area contributed by atoms with Crippen LogP contribution in [0.3, 0.4) is 0 Å². The first-order valence-electron chi connectivity index (χ1n) is 8.60. The van der Waals surface area contributed by atoms with Gasteiger partial charge in [-0.1, -0.05) is 0 Å². The molecule has 2 amide bonds. The van der Waals surface area contributed by atoms with Crippen molar-refractivity contribution < 1.29 is 90.3 Å². The number of rotatable bonds is 9. The Bertz CT molecular complexity index is 708. The van der Waals surface area contributed by atoms with Crippen molar-refractivity contribution in [1.29, 1.82) is 0 Å². The molecule has 0 aromatic rings. The third kappa shape index (κ3) is 5.92. The van der Waals surface area contributed by atoms with Gasteiger partial charge in [-0.25, -0.2) is 0 Å². The van der Waals surface area contributed by atoms with E-state index in [0.717, 1.165) is 16.7 Å². The summed E-state index contributed by atoms with van der Waals surface area (Å²) in [5, 5.41) is 22.2. The molecule has 4 N–H and O–H groups in total. The molecule has 2 heterocycles. The van der Waals surface area contributed by atoms with Crippen LogP contribution in [-0.4, -0.2) is 74.6 Å². The van der Waals surface area contributed by atoms with Gasteiger partial charge in [0.2, 0.25) is 11.8 Å². The monoisotopic (exact) mass is 455 g/mol. The van der Waals surface area contributed by atoms with Gasteiger partial charge in [0.1, 0.15) is 24.1 Å². The fourth-order valence-electron chi connectivity index (χ4n) is 3.23. The van der Waals surface area contributed by atoms with Crippen LogP contribution < -0.4 is 67.5 Å². The number of carbonyl (C=O) groups is 5. The van der Waals surface area contributed by atoms with Gasteiger partial charge < -0.3 is 35.7 Å². The van der Waals surface area contributed by atoms with Crippen molar-refractivity contribution in [3.63, 3.8) is 0 Å². The van der Waals surface area contributed by atoms with E-state index in [9.17, 15) is 29.1 Å². The molecule has 13 heteroatoms. The van der Waals surface area contributed by atoms with Crippen LogP contribution in [0.2, 0.25) is 0 Å². The minimum Gasteiger partial charge on any atom is -0.548 e. The Morgan fingerprint density at radius 2 is 2.03 bits per heavy atom. The molecule has 2 aliphatic rings. The molecule has 0 aromatic heterocycles. The first-order chi connectivity index (χ1) is 13.0. The van der Waals surface area contributed by atoms with Gasteiger partial charge in [-0.15, -0.1) is 11.8 Å². The number of carboxylic acids is 2. The van der Waals surface area contributed by atoms with Crippen LogP contribution >= 0.6 is 11.8 Å². The summed E-state index contributed by atoms with van der Waals surface area (Å²) in [5.41, 5.74) is 5.36. The first-order valence-corrected chi connectivity index (χ1v) is 9.48. The quantitative estimate of drug-likeness (QED) is 0.172. The Morgan fingerprint density at radius 1 is 1.41 bits per heavy atom. The Balaban J connectivity index is 0.00000420. The van der Waals surface area contributed by atoms with E-state index < -0.39 is 58.0 Å². The molecule has 29 heavy (non-hydrogen) atoms. The Kier molecular flexibility index (Phi) is 9.58. The van der Waals surface area contributed by atoms with Crippen molar-refractivity contribution in [3.8, 4) is 0 Å². The second-order valence-electron chi connectivity index (χ2n) is 6.95. The van der Waals surface area contributed by atoms with Crippen molar-refractivity contribution in [3.05, 3.63) is 0 Å². The van der Waals surface area contributed by atoms with Gasteiger partial charge in [-0.2, -0.15) is 0 Å². The van der Waals surface area contributed by atoms with Gasteiger partial charge >= 0.3 is 63.3 Å². The number of nitrogens with one attached hydrogen (secondary N) is 1. The average Bonchev–Trinajstić information content (AvgIpc) is 2.88. The summed E-state index contributed by atoms with van der Waals surface area (Å²) in [6.45, 7) is 2.52. The molecule has 0 aliphatic carbocycles. The van der Waals surface area contributed by atoms with E-state index >= 15 is 0 Å². The van der Waals surface area contributed by atoms with Crippen molar-refractivity contribution in [1.82, 2.24) is 10.2 Å². The topological polar surface area (TPSA) is 179 Å². The molecule has 5 atom stereocenters. The summed E-state index contributed by atoms with van der Waals surface area (Å²) in [4.78, 5) is 58.9. The number of hydrogen-bond acceptors (Lipinski definition) is 9. The predicted octanol–water partition coefficient (Wildman–Crippen LogP) is -5.59. The van der Waals surface area contributed by atoms with E-state index in [1.165, 1.54) is 6.92 Å². The normalized spacial score (nSPS) is 28.4. The molecule has 2 aliphatic heterocycles. The number of nitrogens with two attached hydrogens (primary N) is 1. The minimum atomic E-state index is -1.47. The maximum absolute atomic E-state index is 12.4. The summed E-state index contributed by atoms with van der Waals surface area (Å²) >= 11 is 1.12. The smallest absolute Gasteiger partial charge is 0.548 e. The van der Waals surface area contributed by atoms with Crippen LogP contribution in [0, 0.1) is 0 Å². The first kappa shape index (κ1) is 26.3. The second kappa shape index (κ2) is 10.6. The van der Waals surface area contributed by atoms with Crippen molar-refractivity contribution in [2.75, 3.05) is 6.61 Å². The van der Waals surface area contributed by atoms with Crippen molar-refractivity contribution >= 4 is 41.5 Å². The van der Waals surface area contributed by atoms with Gasteiger partial charge in [0.15, 0.2) is 0 Å². The predicted molar refractivity (Wildman–Crippen MR) is 93.5 cm³/mol. The van der Waals surface area contributed by atoms with E-state index in [-0.39, 0.29) is 77.3 Å². The van der Waals surface area contributed by atoms with E-state index in [1.807, 2.05) is 0 Å². The van der Waals surface area contributed by atoms with Crippen LogP contribution in [0.5, 0.6) is 0 Å². The largest absolute Gasteiger partial charge is 1.00 e. The van der Waals surface area contributed by atoms with Crippen LogP contribution in [0.15, 0.2) is 0 Å². The van der Waals surface area contributed by atoms with Crippen LogP contribution in [-0.2, 0) is 28.7 Å². The van der Waals surface area contributed by atoms with E-state index in [2.05, 4.69) is 5.32 Å². The zero-order chi connectivity index (χ0) is 21.2. The summed E-state index contributed by atoms with van der Waals surface area (Å²) in [6.07, 6.45) is 0.323. The number of carboxylic acid groups (broad SMARTS) is 2. The zero-order valence-corrected chi connectivity index (χ0v) is 20.3. The molecule has 0 bridgehead atoms. The summed E-state index contributed by atoms with van der Waals surface area (Å²) < 4.78 is 3.83. The molecule has 0 radical (unpaired) electrons. The molecule has 2 saturated heterocycles. The molecule has 2 unspecified atom stereocenters. The number of carbonyl (C=O) groups excluding carboxylic acids is 4. The molecule has 0 aromatic carbocycles. The standard InChI is InChI=1S/C16H23N3O8S.K/c1-7(20)27-6-16(2)11(15(25)26)19-12(22)10(13(19)28-16)18-9(21)5-3-4-8(17)14(23)24;/h8,10-11,13H,3-6,17H2,1-2H3,(H,18,21)(H,23,24)(H,25,26);/q;+1/p-1/t8?,10-,11?,13+,16-;/m1./s1. The number of β-lactam (4-membered cyclic amide) rings is 1. The number of thioether (sulfide) groups is 1. The van der Waals surface area contributed by atoms with Crippen LogP contribution in [0.25, 0.3) is 0 Å². The fourth-order valence-corrected chi connectivity index (χ4v) is 4.90. The molecule has 156 valence electrons. The van der Waals surface area contributed by atoms with Gasteiger partial charge in [0.25, 0.3) is 0 Å². The van der Waals surface area contributed by atoms with Crippen molar-refractivity contribution in [2.24, 2.45) is 5.73 Å². The number of nitrogens with zero attached hydrogens (tertiary/aromatic N) is 1. The van der Waals surface area contributed by atoms with Gasteiger partial charge in [0, 0.05) is 13.3 Å². The van der Waals surface area contributed by atoms with Crippen LogP contribution in [0.4, 0.5) is 0 Å². The molecule has 0 spiro atoms. The SMILES string of the molecule is CC(=O)OC[C@@]1(C)S[C@H]2[C@H](NC(=O)CCCC(N)C(=O)O)C(=O)N2C1C(=O)[O-].[K+]. The summed E-state index contributed by atoms with van der Waals surface area (Å²) in [7, 11) is 0. The van der Waals surface area contributed by atoms with E-state index in [4.69, 9.17) is 15.6 Å². The molecule has 11 nitrogen and oxygen atoms in total. The van der Waals surface area contributed by atoms with Gasteiger partial charge in [-0.05, 0) is 19.8 Å². The molecular formula is C16H22KN3O8S. The van der Waals surface area contributed by atoms with Gasteiger partial charge in [-0.3, -0.25) is 19.2 Å². The van der Waals surface area contributed by atoms with E-state index in [1.54, 1.807) is 6.92 Å². The summed E-state index contributed by atoms with van der Waals surface area (Å²) in [5.74, 6) is -4.23. The number of aliphatic carboxylic acids is 2. The molecular weight excluding hydrogens is 433 g/mol. The molecule has 2 rings (SSSR count). The second-order valence-corrected chi connectivity index (χ2v) is 8.60. The molecule has 2 fully saturated rings. The number of amides is 2. The number of esters is 1. The maximum Gasteiger partial charge on any atom is 1.00 e. The Hall–Kier alpha value is -0.704. The third-order valence-electron chi connectivity index (χ3n) is 4.66. The summed E-state index contributed by atoms with van der Waals surface area (Å²) in [6, 6.07) is -3.27. The van der Waals surface area contributed by atoms with Crippen molar-refractivity contribution in [2.45, 2.75) is 61.4 Å². The Morgan fingerprint density at radius 3 is 2.55 bits per heavy atom. The number of ether oxygens (including phenoxy) is 1. The molecule has 0 saturated carbocycles.